The van der Waals surface area contributed by atoms with Crippen LogP contribution in [0.3, 0.4) is 0 Å². The van der Waals surface area contributed by atoms with E-state index in [2.05, 4.69) is 45.3 Å². The zero-order valence-corrected chi connectivity index (χ0v) is 19.9. The van der Waals surface area contributed by atoms with Gasteiger partial charge in [0.15, 0.2) is 0 Å². The lowest BCUT2D eigenvalue weighted by Gasteiger charge is -2.38. The van der Waals surface area contributed by atoms with E-state index in [1.165, 1.54) is 32.1 Å². The molecule has 0 aliphatic heterocycles. The van der Waals surface area contributed by atoms with Crippen molar-refractivity contribution in [3.63, 3.8) is 0 Å². The quantitative estimate of drug-likeness (QED) is 0.406. The third-order valence-electron chi connectivity index (χ3n) is 5.04. The summed E-state index contributed by atoms with van der Waals surface area (Å²) >= 11 is 0. The second kappa shape index (κ2) is 10.5. The summed E-state index contributed by atoms with van der Waals surface area (Å²) in [6, 6.07) is 0.0483. The van der Waals surface area contributed by atoms with Crippen LogP contribution >= 0.6 is 0 Å². The van der Waals surface area contributed by atoms with Crippen molar-refractivity contribution in [2.75, 3.05) is 0 Å². The van der Waals surface area contributed by atoms with Crippen molar-refractivity contribution in [3.8, 4) is 0 Å². The molecule has 0 aromatic carbocycles. The first-order valence-electron chi connectivity index (χ1n) is 10.5. The lowest BCUT2D eigenvalue weighted by atomic mass is 9.72. The summed E-state index contributed by atoms with van der Waals surface area (Å²) in [6.45, 7) is 16.7. The lowest BCUT2D eigenvalue weighted by Crippen LogP contribution is -2.47. The van der Waals surface area contributed by atoms with Crippen molar-refractivity contribution in [3.05, 3.63) is 12.3 Å². The average Bonchev–Trinajstić information content (AvgIpc) is 2.48. The van der Waals surface area contributed by atoms with Crippen molar-refractivity contribution >= 4 is 15.1 Å². The zero-order valence-electron chi connectivity index (χ0n) is 18.9. The number of alkyl carbamates (subject to hydrolysis) is 1. The molecule has 27 heavy (non-hydrogen) atoms. The van der Waals surface area contributed by atoms with Gasteiger partial charge in [-0.05, 0) is 57.7 Å². The molecule has 1 aliphatic carbocycles. The summed E-state index contributed by atoms with van der Waals surface area (Å²) < 4.78 is 11.3. The van der Waals surface area contributed by atoms with Crippen LogP contribution in [0.5, 0.6) is 0 Å². The second-order valence-electron chi connectivity index (χ2n) is 10.2. The number of hydrogen-bond donors (Lipinski definition) is 1. The van der Waals surface area contributed by atoms with E-state index in [-0.39, 0.29) is 23.5 Å². The van der Waals surface area contributed by atoms with Gasteiger partial charge in [0, 0.05) is 12.0 Å². The van der Waals surface area contributed by atoms with Crippen molar-refractivity contribution < 1.29 is 14.0 Å². The van der Waals surface area contributed by atoms with Crippen LogP contribution in [-0.2, 0) is 9.16 Å². The first-order chi connectivity index (χ1) is 12.4. The molecular weight excluding hydrogens is 354 g/mol. The van der Waals surface area contributed by atoms with Crippen LogP contribution in [0.25, 0.3) is 0 Å². The Kier molecular flexibility index (Phi) is 9.39. The molecule has 1 saturated carbocycles. The fourth-order valence-corrected chi connectivity index (χ4v) is 4.17. The molecule has 2 atom stereocenters. The molecule has 1 N–H and O–H groups in total. The van der Waals surface area contributed by atoms with Crippen molar-refractivity contribution in [1.82, 2.24) is 5.32 Å². The number of amides is 1. The van der Waals surface area contributed by atoms with Gasteiger partial charge in [0.1, 0.15) is 5.60 Å². The van der Waals surface area contributed by atoms with E-state index in [1.807, 2.05) is 27.0 Å². The molecule has 0 aromatic rings. The second-order valence-corrected chi connectivity index (χ2v) is 12.3. The minimum atomic E-state index is -0.772. The molecule has 1 radical (unpaired) electrons. The fraction of sp³-hybridized carbons (Fsp3) is 0.864. The molecule has 0 aromatic heterocycles. The van der Waals surface area contributed by atoms with Crippen LogP contribution in [0.4, 0.5) is 4.79 Å². The summed E-state index contributed by atoms with van der Waals surface area (Å²) in [7, 11) is -0.772. The third kappa shape index (κ3) is 10.2. The number of rotatable bonds is 7. The topological polar surface area (TPSA) is 47.6 Å². The highest BCUT2D eigenvalue weighted by Gasteiger charge is 2.34. The Morgan fingerprint density at radius 1 is 1.11 bits per heavy atom. The van der Waals surface area contributed by atoms with Gasteiger partial charge >= 0.3 is 6.09 Å². The van der Waals surface area contributed by atoms with Gasteiger partial charge in [0.2, 0.25) is 0 Å². The van der Waals surface area contributed by atoms with E-state index in [0.29, 0.717) is 5.92 Å². The Morgan fingerprint density at radius 3 is 2.19 bits per heavy atom. The summed E-state index contributed by atoms with van der Waals surface area (Å²) in [6.07, 6.45) is 11.2. The van der Waals surface area contributed by atoms with Gasteiger partial charge in [-0.2, -0.15) is 0 Å². The monoisotopic (exact) mass is 396 g/mol. The predicted molar refractivity (Wildman–Crippen MR) is 115 cm³/mol. The number of nitrogens with one attached hydrogen (secondary N) is 1. The highest BCUT2D eigenvalue weighted by atomic mass is 28.3. The van der Waals surface area contributed by atoms with Crippen molar-refractivity contribution in [2.24, 2.45) is 17.3 Å². The molecule has 5 heteroatoms. The number of carbonyl (C=O) groups is 1. The van der Waals surface area contributed by atoms with Gasteiger partial charge < -0.3 is 14.5 Å². The number of ether oxygens (including phenoxy) is 1. The molecular formula is C22H42NO3Si. The zero-order chi connectivity index (χ0) is 20.7. The lowest BCUT2D eigenvalue weighted by molar-refractivity contribution is 0.0454. The highest BCUT2D eigenvalue weighted by molar-refractivity contribution is 6.48. The van der Waals surface area contributed by atoms with Gasteiger partial charge in [0.25, 0.3) is 9.04 Å². The Bertz CT molecular complexity index is 471. The summed E-state index contributed by atoms with van der Waals surface area (Å²) in [5.41, 5.74) is -0.472. The van der Waals surface area contributed by atoms with Gasteiger partial charge in [-0.3, -0.25) is 0 Å². The molecule has 0 bridgehead atoms. The van der Waals surface area contributed by atoms with Crippen LogP contribution in [-0.4, -0.2) is 26.8 Å². The first-order valence-corrected chi connectivity index (χ1v) is 12.9. The van der Waals surface area contributed by atoms with Crippen LogP contribution in [0.2, 0.25) is 13.1 Å². The summed E-state index contributed by atoms with van der Waals surface area (Å²) in [5, 5.41) is 3.21. The Labute approximate surface area is 169 Å². The Hall–Kier alpha value is -0.973. The highest BCUT2D eigenvalue weighted by Crippen LogP contribution is 2.36. The van der Waals surface area contributed by atoms with E-state index >= 15 is 0 Å². The van der Waals surface area contributed by atoms with E-state index < -0.39 is 14.6 Å². The van der Waals surface area contributed by atoms with Crippen molar-refractivity contribution in [1.29, 1.82) is 0 Å². The molecule has 1 fully saturated rings. The van der Waals surface area contributed by atoms with Gasteiger partial charge in [-0.1, -0.05) is 52.9 Å². The molecule has 1 aliphatic rings. The summed E-state index contributed by atoms with van der Waals surface area (Å²) in [5.74, 6) is 0.864. The smallest absolute Gasteiger partial charge is 0.407 e. The van der Waals surface area contributed by atoms with Crippen molar-refractivity contribution in [2.45, 2.75) is 105 Å². The maximum Gasteiger partial charge on any atom is 0.407 e. The van der Waals surface area contributed by atoms with E-state index in [0.717, 1.165) is 6.42 Å². The van der Waals surface area contributed by atoms with Gasteiger partial charge in [-0.15, -0.1) is 0 Å². The molecule has 1 rings (SSSR count). The molecule has 0 unspecified atom stereocenters. The molecule has 0 spiro atoms. The Morgan fingerprint density at radius 2 is 1.70 bits per heavy atom. The molecule has 0 heterocycles. The minimum absolute atomic E-state index is 0.0165. The molecule has 157 valence electrons. The van der Waals surface area contributed by atoms with Crippen LogP contribution in [0.15, 0.2) is 12.3 Å². The first kappa shape index (κ1) is 24.1. The normalized spacial score (nSPS) is 19.1. The van der Waals surface area contributed by atoms with E-state index in [9.17, 15) is 4.79 Å². The maximum atomic E-state index is 12.5. The minimum Gasteiger partial charge on any atom is -0.548 e. The van der Waals surface area contributed by atoms with E-state index in [4.69, 9.17) is 9.16 Å². The fourth-order valence-electron chi connectivity index (χ4n) is 3.82. The molecule has 1 amide bonds. The van der Waals surface area contributed by atoms with Crippen LogP contribution < -0.4 is 5.32 Å². The summed E-state index contributed by atoms with van der Waals surface area (Å²) in [4.78, 5) is 12.5. The molecule has 4 nitrogen and oxygen atoms in total. The number of carbonyl (C=O) groups excluding carboxylic acids is 1. The molecule has 0 saturated heterocycles. The SMILES string of the molecule is C[Si](C)OC=C[C@H]([C@H](CC1CCCCC1)NC(=O)OC(C)(C)C)C(C)(C)C. The third-order valence-corrected chi connectivity index (χ3v) is 5.64. The van der Waals surface area contributed by atoms with Crippen LogP contribution in [0, 0.1) is 17.3 Å². The predicted octanol–water partition coefficient (Wildman–Crippen LogP) is 6.29. The van der Waals surface area contributed by atoms with Gasteiger partial charge in [0.05, 0.1) is 6.26 Å². The Balaban J connectivity index is 2.97. The largest absolute Gasteiger partial charge is 0.548 e. The van der Waals surface area contributed by atoms with E-state index in [1.54, 1.807) is 0 Å². The number of hydrogen-bond acceptors (Lipinski definition) is 3. The average molecular weight is 397 g/mol. The standard InChI is InChI=1S/C22H42NO3Si/c1-21(2,3)18(14-15-25-27(7)8)19(16-17-12-10-9-11-13-17)23-20(24)26-22(4,5)6/h14-15,17-19H,9-13,16H2,1-8H3,(H,23,24)/t18-,19+/m1/s1. The van der Waals surface area contributed by atoms with Crippen LogP contribution in [0.1, 0.15) is 80.1 Å². The maximum absolute atomic E-state index is 12.5. The van der Waals surface area contributed by atoms with Gasteiger partial charge in [-0.25, -0.2) is 4.79 Å².